The lowest BCUT2D eigenvalue weighted by atomic mass is 10.1. The molecular formula is C13H15BrFNO2. The lowest BCUT2D eigenvalue weighted by Gasteiger charge is -2.23. The van der Waals surface area contributed by atoms with Crippen LogP contribution in [0.5, 0.6) is 0 Å². The quantitative estimate of drug-likeness (QED) is 0.928. The Kier molecular flexibility index (Phi) is 4.35. The summed E-state index contributed by atoms with van der Waals surface area (Å²) in [6.07, 6.45) is 2.08. The first kappa shape index (κ1) is 13.5. The maximum absolute atomic E-state index is 13.3. The van der Waals surface area contributed by atoms with Gasteiger partial charge in [0.25, 0.3) is 0 Å². The second-order valence-corrected chi connectivity index (χ2v) is 5.56. The third-order valence-corrected chi connectivity index (χ3v) is 3.68. The third kappa shape index (κ3) is 3.53. The summed E-state index contributed by atoms with van der Waals surface area (Å²) in [5.74, 6) is -1.04. The van der Waals surface area contributed by atoms with Crippen LogP contribution in [-0.4, -0.2) is 28.6 Å². The molecule has 0 spiro atoms. The number of likely N-dealkylation sites (tertiary alicyclic amines) is 1. The molecule has 0 amide bonds. The molecule has 98 valence electrons. The van der Waals surface area contributed by atoms with E-state index in [0.29, 0.717) is 11.0 Å². The first-order valence-corrected chi connectivity index (χ1v) is 6.75. The number of rotatable bonds is 4. The van der Waals surface area contributed by atoms with Gasteiger partial charge in [0, 0.05) is 17.1 Å². The van der Waals surface area contributed by atoms with Crippen LogP contribution in [0.4, 0.5) is 4.39 Å². The Morgan fingerprint density at radius 3 is 2.94 bits per heavy atom. The van der Waals surface area contributed by atoms with E-state index in [0.717, 1.165) is 24.9 Å². The third-order valence-electron chi connectivity index (χ3n) is 3.22. The van der Waals surface area contributed by atoms with Crippen LogP contribution in [0.25, 0.3) is 0 Å². The van der Waals surface area contributed by atoms with Gasteiger partial charge in [0.15, 0.2) is 0 Å². The van der Waals surface area contributed by atoms with Crippen LogP contribution in [0.2, 0.25) is 0 Å². The zero-order chi connectivity index (χ0) is 13.1. The number of halogens is 2. The van der Waals surface area contributed by atoms with E-state index in [1.165, 1.54) is 12.1 Å². The van der Waals surface area contributed by atoms with Crippen molar-refractivity contribution in [2.24, 2.45) is 0 Å². The van der Waals surface area contributed by atoms with Gasteiger partial charge in [-0.05, 0) is 43.1 Å². The van der Waals surface area contributed by atoms with Gasteiger partial charge in [-0.2, -0.15) is 0 Å². The first-order chi connectivity index (χ1) is 8.54. The van der Waals surface area contributed by atoms with E-state index >= 15 is 0 Å². The van der Waals surface area contributed by atoms with Crippen molar-refractivity contribution in [3.8, 4) is 0 Å². The number of hydrogen-bond acceptors (Lipinski definition) is 2. The van der Waals surface area contributed by atoms with Crippen molar-refractivity contribution in [1.82, 2.24) is 4.90 Å². The number of carbonyl (C=O) groups is 1. The van der Waals surface area contributed by atoms with Gasteiger partial charge in [0.1, 0.15) is 5.82 Å². The van der Waals surface area contributed by atoms with Crippen LogP contribution in [0.15, 0.2) is 22.7 Å². The van der Waals surface area contributed by atoms with Gasteiger partial charge in [-0.1, -0.05) is 15.9 Å². The maximum atomic E-state index is 13.3. The average molecular weight is 316 g/mol. The molecule has 1 aliphatic rings. The summed E-state index contributed by atoms with van der Waals surface area (Å²) in [5.41, 5.74) is 0.874. The minimum Gasteiger partial charge on any atom is -0.481 e. The predicted octanol–water partition coefficient (Wildman–Crippen LogP) is 3.03. The SMILES string of the molecule is O=C(O)CC1CCCN1Cc1cc(F)cc(Br)c1. The highest BCUT2D eigenvalue weighted by Gasteiger charge is 2.26. The summed E-state index contributed by atoms with van der Waals surface area (Å²) in [6, 6.07) is 4.87. The molecule has 1 unspecified atom stereocenters. The van der Waals surface area contributed by atoms with E-state index in [9.17, 15) is 9.18 Å². The van der Waals surface area contributed by atoms with Gasteiger partial charge in [0.2, 0.25) is 0 Å². The fourth-order valence-corrected chi connectivity index (χ4v) is 2.99. The molecule has 1 aliphatic heterocycles. The standard InChI is InChI=1S/C13H15BrFNO2/c14-10-4-9(5-11(15)6-10)8-16-3-1-2-12(16)7-13(17)18/h4-6,12H,1-3,7-8H2,(H,17,18). The van der Waals surface area contributed by atoms with E-state index in [4.69, 9.17) is 5.11 Å². The molecule has 0 aliphatic carbocycles. The summed E-state index contributed by atoms with van der Waals surface area (Å²) in [5, 5.41) is 8.85. The number of nitrogens with zero attached hydrogens (tertiary/aromatic N) is 1. The number of benzene rings is 1. The van der Waals surface area contributed by atoms with Crippen LogP contribution in [0.3, 0.4) is 0 Å². The second kappa shape index (κ2) is 5.80. The molecule has 1 heterocycles. The molecule has 5 heteroatoms. The van der Waals surface area contributed by atoms with Crippen LogP contribution < -0.4 is 0 Å². The van der Waals surface area contributed by atoms with Gasteiger partial charge in [-0.3, -0.25) is 9.69 Å². The van der Waals surface area contributed by atoms with Crippen LogP contribution >= 0.6 is 15.9 Å². The molecule has 2 rings (SSSR count). The normalized spacial score (nSPS) is 20.2. The van der Waals surface area contributed by atoms with Crippen molar-refractivity contribution >= 4 is 21.9 Å². The Labute approximate surface area is 114 Å². The van der Waals surface area contributed by atoms with Crippen LogP contribution in [-0.2, 0) is 11.3 Å². The molecule has 0 radical (unpaired) electrons. The highest BCUT2D eigenvalue weighted by atomic mass is 79.9. The van der Waals surface area contributed by atoms with E-state index in [-0.39, 0.29) is 18.3 Å². The van der Waals surface area contributed by atoms with Gasteiger partial charge in [0.05, 0.1) is 6.42 Å². The van der Waals surface area contributed by atoms with Crippen molar-refractivity contribution in [1.29, 1.82) is 0 Å². The van der Waals surface area contributed by atoms with Crippen molar-refractivity contribution in [2.75, 3.05) is 6.54 Å². The smallest absolute Gasteiger partial charge is 0.304 e. The largest absolute Gasteiger partial charge is 0.481 e. The van der Waals surface area contributed by atoms with E-state index in [1.807, 2.05) is 6.07 Å². The van der Waals surface area contributed by atoms with Crippen LogP contribution in [0, 0.1) is 5.82 Å². The van der Waals surface area contributed by atoms with Gasteiger partial charge in [-0.15, -0.1) is 0 Å². The number of hydrogen-bond donors (Lipinski definition) is 1. The van der Waals surface area contributed by atoms with Gasteiger partial charge >= 0.3 is 5.97 Å². The summed E-state index contributed by atoms with van der Waals surface area (Å²) in [4.78, 5) is 12.9. The first-order valence-electron chi connectivity index (χ1n) is 5.95. The second-order valence-electron chi connectivity index (χ2n) is 4.64. The Morgan fingerprint density at radius 1 is 1.50 bits per heavy atom. The molecule has 0 aromatic heterocycles. The molecule has 1 aromatic rings. The molecular weight excluding hydrogens is 301 g/mol. The highest BCUT2D eigenvalue weighted by molar-refractivity contribution is 9.10. The summed E-state index contributed by atoms with van der Waals surface area (Å²) in [7, 11) is 0. The van der Waals surface area contributed by atoms with Crippen molar-refractivity contribution in [3.63, 3.8) is 0 Å². The zero-order valence-corrected chi connectivity index (χ0v) is 11.5. The van der Waals surface area contributed by atoms with E-state index in [2.05, 4.69) is 20.8 Å². The minimum absolute atomic E-state index is 0.0737. The summed E-state index contributed by atoms with van der Waals surface area (Å²) < 4.78 is 14.0. The molecule has 1 aromatic carbocycles. The molecule has 0 bridgehead atoms. The molecule has 0 saturated carbocycles. The number of carboxylic acid groups (broad SMARTS) is 1. The van der Waals surface area contributed by atoms with Crippen molar-refractivity contribution in [2.45, 2.75) is 31.8 Å². The minimum atomic E-state index is -0.771. The molecule has 3 nitrogen and oxygen atoms in total. The average Bonchev–Trinajstić information content (AvgIpc) is 2.63. The number of aliphatic carboxylic acids is 1. The van der Waals surface area contributed by atoms with E-state index < -0.39 is 5.97 Å². The van der Waals surface area contributed by atoms with Gasteiger partial charge in [-0.25, -0.2) is 4.39 Å². The Balaban J connectivity index is 2.05. The fourth-order valence-electron chi connectivity index (χ4n) is 2.47. The molecule has 1 saturated heterocycles. The Bertz CT molecular complexity index is 432. The van der Waals surface area contributed by atoms with E-state index in [1.54, 1.807) is 0 Å². The Morgan fingerprint density at radius 2 is 2.28 bits per heavy atom. The lowest BCUT2D eigenvalue weighted by molar-refractivity contribution is -0.138. The van der Waals surface area contributed by atoms with Crippen LogP contribution in [0.1, 0.15) is 24.8 Å². The monoisotopic (exact) mass is 315 g/mol. The molecule has 1 N–H and O–H groups in total. The maximum Gasteiger partial charge on any atom is 0.304 e. The summed E-state index contributed by atoms with van der Waals surface area (Å²) >= 11 is 3.27. The lowest BCUT2D eigenvalue weighted by Crippen LogP contribution is -2.30. The summed E-state index contributed by atoms with van der Waals surface area (Å²) in [6.45, 7) is 1.49. The molecule has 1 atom stereocenters. The Hall–Kier alpha value is -0.940. The van der Waals surface area contributed by atoms with Crippen molar-refractivity contribution in [3.05, 3.63) is 34.1 Å². The van der Waals surface area contributed by atoms with Gasteiger partial charge < -0.3 is 5.11 Å². The molecule has 1 fully saturated rings. The number of carboxylic acids is 1. The zero-order valence-electron chi connectivity index (χ0n) is 9.90. The predicted molar refractivity (Wildman–Crippen MR) is 69.8 cm³/mol. The van der Waals surface area contributed by atoms with Crippen molar-refractivity contribution < 1.29 is 14.3 Å². The molecule has 18 heavy (non-hydrogen) atoms. The topological polar surface area (TPSA) is 40.5 Å². The highest BCUT2D eigenvalue weighted by Crippen LogP contribution is 2.24. The fraction of sp³-hybridized carbons (Fsp3) is 0.462.